The van der Waals surface area contributed by atoms with Crippen molar-refractivity contribution in [2.75, 3.05) is 34.2 Å². The van der Waals surface area contributed by atoms with E-state index in [9.17, 15) is 18.0 Å². The maximum absolute atomic E-state index is 13.9. The summed E-state index contributed by atoms with van der Waals surface area (Å²) in [5.41, 5.74) is 0.652. The van der Waals surface area contributed by atoms with Crippen molar-refractivity contribution in [3.63, 3.8) is 0 Å². The molecule has 5 rings (SSSR count). The molecule has 41 heavy (non-hydrogen) atoms. The molecule has 0 saturated carbocycles. The number of sulfonamides is 1. The summed E-state index contributed by atoms with van der Waals surface area (Å²) in [5.74, 6) is 0.736. The number of pyridine rings is 1. The third-order valence-electron chi connectivity index (χ3n) is 7.55. The molecule has 1 unspecified atom stereocenters. The Kier molecular flexibility index (Phi) is 9.01. The second kappa shape index (κ2) is 12.7. The minimum atomic E-state index is -4.30. The first-order chi connectivity index (χ1) is 19.8. The molecule has 1 atom stereocenters. The van der Waals surface area contributed by atoms with Crippen LogP contribution in [0.15, 0.2) is 71.8 Å². The number of carbonyl (C=O) groups excluding carboxylic acids is 2. The molecule has 2 aliphatic rings. The van der Waals surface area contributed by atoms with E-state index in [4.69, 9.17) is 23.2 Å². The number of anilines is 3. The zero-order valence-electron chi connectivity index (χ0n) is 22.3. The molecule has 0 radical (unpaired) electrons. The fraction of sp³-hybridized carbons (Fsp3) is 0.345. The Balaban J connectivity index is 1.21. The van der Waals surface area contributed by atoms with Crippen LogP contribution in [0.1, 0.15) is 32.1 Å². The molecule has 2 N–H and O–H groups in total. The Morgan fingerprint density at radius 2 is 1.76 bits per heavy atom. The SMILES string of the molecule is O=C(CCC1C(=O)Nc2ccccc2N1S(=O)(=O)c1cccc(Cl)c1Cl)NCCC1CCN(c2ccccn2)CC1. The Bertz CT molecular complexity index is 1510. The van der Waals surface area contributed by atoms with Gasteiger partial charge >= 0.3 is 0 Å². The fourth-order valence-electron chi connectivity index (χ4n) is 5.36. The lowest BCUT2D eigenvalue weighted by atomic mass is 9.93. The minimum Gasteiger partial charge on any atom is -0.357 e. The number of amides is 2. The van der Waals surface area contributed by atoms with Crippen molar-refractivity contribution < 1.29 is 18.0 Å². The molecule has 3 aromatic rings. The summed E-state index contributed by atoms with van der Waals surface area (Å²) >= 11 is 12.4. The second-order valence-electron chi connectivity index (χ2n) is 10.2. The Morgan fingerprint density at radius 3 is 2.51 bits per heavy atom. The smallest absolute Gasteiger partial charge is 0.266 e. The first-order valence-corrected chi connectivity index (χ1v) is 15.8. The van der Waals surface area contributed by atoms with Crippen LogP contribution in [0.25, 0.3) is 0 Å². The van der Waals surface area contributed by atoms with Crippen molar-refractivity contribution >= 4 is 62.2 Å². The monoisotopic (exact) mass is 615 g/mol. The molecule has 3 heterocycles. The molecule has 2 amide bonds. The fourth-order valence-corrected chi connectivity index (χ4v) is 7.76. The van der Waals surface area contributed by atoms with Gasteiger partial charge in [-0.3, -0.25) is 13.9 Å². The normalized spacial score (nSPS) is 17.6. The Morgan fingerprint density at radius 1 is 1.00 bits per heavy atom. The average molecular weight is 617 g/mol. The summed E-state index contributed by atoms with van der Waals surface area (Å²) in [6, 6.07) is 15.7. The van der Waals surface area contributed by atoms with Gasteiger partial charge in [0.05, 0.1) is 21.4 Å². The van der Waals surface area contributed by atoms with Gasteiger partial charge in [0.25, 0.3) is 10.0 Å². The van der Waals surface area contributed by atoms with Gasteiger partial charge in [0.2, 0.25) is 11.8 Å². The van der Waals surface area contributed by atoms with E-state index in [1.165, 1.54) is 18.2 Å². The van der Waals surface area contributed by atoms with Crippen LogP contribution < -0.4 is 19.8 Å². The van der Waals surface area contributed by atoms with Gasteiger partial charge in [0, 0.05) is 32.3 Å². The van der Waals surface area contributed by atoms with E-state index in [2.05, 4.69) is 20.5 Å². The van der Waals surface area contributed by atoms with Crippen molar-refractivity contribution in [1.29, 1.82) is 0 Å². The molecular weight excluding hydrogens is 585 g/mol. The summed E-state index contributed by atoms with van der Waals surface area (Å²) in [6.45, 7) is 2.37. The predicted octanol–water partition coefficient (Wildman–Crippen LogP) is 5.11. The summed E-state index contributed by atoms with van der Waals surface area (Å²) in [6.07, 6.45) is 4.67. The lowest BCUT2D eigenvalue weighted by Gasteiger charge is -2.37. The molecule has 0 aliphatic carbocycles. The third-order valence-corrected chi connectivity index (χ3v) is 10.3. The van der Waals surface area contributed by atoms with Gasteiger partial charge in [-0.05, 0) is 68.0 Å². The van der Waals surface area contributed by atoms with E-state index in [1.54, 1.807) is 30.5 Å². The van der Waals surface area contributed by atoms with Crippen LogP contribution in [0.3, 0.4) is 0 Å². The summed E-state index contributed by atoms with van der Waals surface area (Å²) in [4.78, 5) is 32.4. The number of nitrogens with one attached hydrogen (secondary N) is 2. The van der Waals surface area contributed by atoms with Crippen molar-refractivity contribution in [3.05, 3.63) is 76.9 Å². The number of aromatic nitrogens is 1. The average Bonchev–Trinajstić information content (AvgIpc) is 2.98. The number of nitrogens with zero attached hydrogens (tertiary/aromatic N) is 3. The maximum atomic E-state index is 13.9. The van der Waals surface area contributed by atoms with Gasteiger partial charge in [0.1, 0.15) is 16.8 Å². The zero-order valence-corrected chi connectivity index (χ0v) is 24.6. The topological polar surface area (TPSA) is 112 Å². The van der Waals surface area contributed by atoms with Crippen LogP contribution in [0.5, 0.6) is 0 Å². The number of para-hydroxylation sites is 2. The summed E-state index contributed by atoms with van der Waals surface area (Å²) < 4.78 is 28.8. The van der Waals surface area contributed by atoms with E-state index in [1.807, 2.05) is 18.2 Å². The van der Waals surface area contributed by atoms with Gasteiger partial charge in [-0.15, -0.1) is 0 Å². The number of benzene rings is 2. The van der Waals surface area contributed by atoms with E-state index < -0.39 is 22.0 Å². The standard InChI is InChI=1S/C29H31Cl2N5O4S/c30-21-6-5-9-25(28(21)31)41(39,40)36-23-8-2-1-7-22(23)34-29(38)24(36)11-12-27(37)33-17-13-20-14-18-35(19-15-20)26-10-3-4-16-32-26/h1-10,16,20,24H,11-15,17-19H2,(H,33,37)(H,34,38). The Hall–Kier alpha value is -3.34. The zero-order chi connectivity index (χ0) is 29.0. The molecule has 12 heteroatoms. The highest BCUT2D eigenvalue weighted by atomic mass is 35.5. The molecule has 216 valence electrons. The van der Waals surface area contributed by atoms with Crippen molar-refractivity contribution in [2.24, 2.45) is 5.92 Å². The van der Waals surface area contributed by atoms with Crippen LogP contribution in [0.2, 0.25) is 10.0 Å². The van der Waals surface area contributed by atoms with E-state index >= 15 is 0 Å². The Labute approximate surface area is 249 Å². The molecule has 0 bridgehead atoms. The van der Waals surface area contributed by atoms with Crippen LogP contribution in [-0.4, -0.2) is 50.9 Å². The lowest BCUT2D eigenvalue weighted by Crippen LogP contribution is -2.51. The molecule has 2 aliphatic heterocycles. The first-order valence-electron chi connectivity index (χ1n) is 13.6. The predicted molar refractivity (Wildman–Crippen MR) is 161 cm³/mol. The highest BCUT2D eigenvalue weighted by Crippen LogP contribution is 2.40. The third kappa shape index (κ3) is 6.45. The van der Waals surface area contributed by atoms with Gasteiger partial charge < -0.3 is 15.5 Å². The highest BCUT2D eigenvalue weighted by Gasteiger charge is 2.41. The van der Waals surface area contributed by atoms with Gasteiger partial charge in [-0.2, -0.15) is 0 Å². The minimum absolute atomic E-state index is 0.00806. The van der Waals surface area contributed by atoms with Gasteiger partial charge in [-0.1, -0.05) is 47.5 Å². The number of halogens is 2. The number of hydrogen-bond donors (Lipinski definition) is 2. The van der Waals surface area contributed by atoms with Crippen molar-refractivity contribution in [2.45, 2.75) is 43.0 Å². The molecular formula is C29H31Cl2N5O4S. The highest BCUT2D eigenvalue weighted by molar-refractivity contribution is 7.93. The maximum Gasteiger partial charge on any atom is 0.266 e. The van der Waals surface area contributed by atoms with Crippen LogP contribution in [0.4, 0.5) is 17.2 Å². The van der Waals surface area contributed by atoms with Crippen molar-refractivity contribution in [3.8, 4) is 0 Å². The summed E-state index contributed by atoms with van der Waals surface area (Å²) in [5, 5.41) is 5.67. The molecule has 1 saturated heterocycles. The second-order valence-corrected chi connectivity index (χ2v) is 12.7. The first kappa shape index (κ1) is 29.2. The molecule has 2 aromatic carbocycles. The largest absolute Gasteiger partial charge is 0.357 e. The number of piperidine rings is 1. The molecule has 0 spiro atoms. The van der Waals surface area contributed by atoms with E-state index in [-0.39, 0.29) is 33.7 Å². The quantitative estimate of drug-likeness (QED) is 0.346. The van der Waals surface area contributed by atoms with Gasteiger partial charge in [-0.25, -0.2) is 13.4 Å². The van der Waals surface area contributed by atoms with Crippen LogP contribution in [0, 0.1) is 5.92 Å². The van der Waals surface area contributed by atoms with E-state index in [0.717, 1.165) is 42.5 Å². The van der Waals surface area contributed by atoms with Crippen LogP contribution >= 0.6 is 23.2 Å². The number of carbonyl (C=O) groups is 2. The molecule has 9 nitrogen and oxygen atoms in total. The lowest BCUT2D eigenvalue weighted by molar-refractivity contribution is -0.121. The number of hydrogen-bond acceptors (Lipinski definition) is 6. The molecule has 1 aromatic heterocycles. The van der Waals surface area contributed by atoms with Crippen molar-refractivity contribution in [1.82, 2.24) is 10.3 Å². The molecule has 1 fully saturated rings. The number of rotatable bonds is 9. The van der Waals surface area contributed by atoms with Crippen LogP contribution in [-0.2, 0) is 19.6 Å². The number of fused-ring (bicyclic) bond motifs is 1. The summed E-state index contributed by atoms with van der Waals surface area (Å²) in [7, 11) is -4.30. The van der Waals surface area contributed by atoms with E-state index in [0.29, 0.717) is 23.8 Å². The van der Waals surface area contributed by atoms with Gasteiger partial charge in [0.15, 0.2) is 0 Å².